The van der Waals surface area contributed by atoms with Crippen LogP contribution in [0, 0.1) is 18.3 Å². The molecule has 3 heteroatoms. The van der Waals surface area contributed by atoms with Crippen LogP contribution in [0.25, 0.3) is 10.9 Å². The van der Waals surface area contributed by atoms with E-state index < -0.39 is 5.41 Å². The molecular weight excluding hydrogens is 224 g/mol. The fourth-order valence-electron chi connectivity index (χ4n) is 2.49. The lowest BCUT2D eigenvalue weighted by Crippen LogP contribution is -2.40. The maximum atomic E-state index is 11.2. The molecule has 0 bridgehead atoms. The van der Waals surface area contributed by atoms with Gasteiger partial charge < -0.3 is 0 Å². The maximum absolute atomic E-state index is 11.2. The minimum atomic E-state index is -0.601. The van der Waals surface area contributed by atoms with Crippen molar-refractivity contribution in [1.29, 1.82) is 5.26 Å². The zero-order valence-electron chi connectivity index (χ0n) is 10.1. The number of ketones is 1. The lowest BCUT2D eigenvalue weighted by molar-refractivity contribution is -0.126. The van der Waals surface area contributed by atoms with Crippen LogP contribution in [0.2, 0.25) is 0 Å². The molecule has 1 aliphatic carbocycles. The number of rotatable bonds is 1. The Morgan fingerprint density at radius 2 is 2.06 bits per heavy atom. The molecule has 88 valence electrons. The molecule has 3 rings (SSSR count). The van der Waals surface area contributed by atoms with E-state index in [1.165, 1.54) is 0 Å². The summed E-state index contributed by atoms with van der Waals surface area (Å²) >= 11 is 0. The number of aromatic nitrogens is 1. The zero-order chi connectivity index (χ0) is 12.8. The van der Waals surface area contributed by atoms with Crippen LogP contribution in [-0.4, -0.2) is 10.8 Å². The summed E-state index contributed by atoms with van der Waals surface area (Å²) in [6, 6.07) is 12.1. The van der Waals surface area contributed by atoms with Crippen LogP contribution in [-0.2, 0) is 10.2 Å². The number of Topliss-reactive ketones (excluding diaryl/α,β-unsaturated/α-hetero) is 1. The largest absolute Gasteiger partial charge is 0.300 e. The second-order valence-electron chi connectivity index (χ2n) is 4.95. The second kappa shape index (κ2) is 3.64. The number of benzene rings is 1. The molecule has 0 saturated heterocycles. The molecule has 0 N–H and O–H groups in total. The van der Waals surface area contributed by atoms with Crippen molar-refractivity contribution in [1.82, 2.24) is 4.98 Å². The highest BCUT2D eigenvalue weighted by molar-refractivity contribution is 5.91. The van der Waals surface area contributed by atoms with E-state index in [2.05, 4.69) is 11.1 Å². The Kier molecular flexibility index (Phi) is 2.21. The number of carbonyl (C=O) groups excluding carboxylic acids is 1. The molecule has 0 amide bonds. The van der Waals surface area contributed by atoms with Gasteiger partial charge in [0.25, 0.3) is 0 Å². The predicted molar refractivity (Wildman–Crippen MR) is 68.0 cm³/mol. The normalized spacial score (nSPS) is 17.2. The number of carbonyl (C=O) groups is 1. The van der Waals surface area contributed by atoms with E-state index in [0.29, 0.717) is 12.8 Å². The van der Waals surface area contributed by atoms with Gasteiger partial charge in [0, 0.05) is 23.9 Å². The average Bonchev–Trinajstić information content (AvgIpc) is 2.34. The van der Waals surface area contributed by atoms with Gasteiger partial charge in [-0.25, -0.2) is 0 Å². The Hall–Kier alpha value is -2.21. The Morgan fingerprint density at radius 3 is 2.72 bits per heavy atom. The SMILES string of the molecule is Cc1ccc2cc(C3(C#N)CC(=O)C3)ccc2n1. The van der Waals surface area contributed by atoms with Crippen molar-refractivity contribution in [3.63, 3.8) is 0 Å². The summed E-state index contributed by atoms with van der Waals surface area (Å²) in [5.74, 6) is 0.165. The van der Waals surface area contributed by atoms with Crippen LogP contribution >= 0.6 is 0 Å². The van der Waals surface area contributed by atoms with Crippen LogP contribution in [0.5, 0.6) is 0 Å². The first kappa shape index (κ1) is 10.9. The summed E-state index contributed by atoms with van der Waals surface area (Å²) in [4.78, 5) is 15.6. The summed E-state index contributed by atoms with van der Waals surface area (Å²) in [7, 11) is 0. The molecule has 1 aliphatic rings. The summed E-state index contributed by atoms with van der Waals surface area (Å²) in [6.07, 6.45) is 0.683. The molecule has 2 aromatic rings. The fourth-order valence-corrected chi connectivity index (χ4v) is 2.49. The first-order chi connectivity index (χ1) is 8.63. The van der Waals surface area contributed by atoms with Gasteiger partial charge in [0.05, 0.1) is 17.0 Å². The standard InChI is InChI=1S/C15H12N2O/c1-10-2-3-11-6-12(4-5-14(11)17-10)15(9-16)7-13(18)8-15/h2-6H,7-8H2,1H3. The van der Waals surface area contributed by atoms with E-state index in [1.54, 1.807) is 0 Å². The number of aryl methyl sites for hydroxylation is 1. The molecule has 1 aromatic carbocycles. The van der Waals surface area contributed by atoms with Gasteiger partial charge in [-0.2, -0.15) is 5.26 Å². The van der Waals surface area contributed by atoms with Crippen molar-refractivity contribution in [2.24, 2.45) is 0 Å². The minimum Gasteiger partial charge on any atom is -0.300 e. The lowest BCUT2D eigenvalue weighted by Gasteiger charge is -2.34. The van der Waals surface area contributed by atoms with Gasteiger partial charge in [-0.3, -0.25) is 9.78 Å². The van der Waals surface area contributed by atoms with Gasteiger partial charge in [0.1, 0.15) is 5.78 Å². The van der Waals surface area contributed by atoms with E-state index in [0.717, 1.165) is 22.2 Å². The van der Waals surface area contributed by atoms with Gasteiger partial charge in [0.15, 0.2) is 0 Å². The molecule has 0 radical (unpaired) electrons. The molecule has 1 saturated carbocycles. The Labute approximate surface area is 105 Å². The predicted octanol–water partition coefficient (Wildman–Crippen LogP) is 2.67. The summed E-state index contributed by atoms with van der Waals surface area (Å²) in [6.45, 7) is 1.95. The van der Waals surface area contributed by atoms with Crippen molar-refractivity contribution in [3.05, 3.63) is 41.6 Å². The van der Waals surface area contributed by atoms with Crippen LogP contribution in [0.15, 0.2) is 30.3 Å². The molecule has 0 spiro atoms. The van der Waals surface area contributed by atoms with Crippen molar-refractivity contribution < 1.29 is 4.79 Å². The number of fused-ring (bicyclic) bond motifs is 1. The van der Waals surface area contributed by atoms with Crippen molar-refractivity contribution in [2.45, 2.75) is 25.2 Å². The summed E-state index contributed by atoms with van der Waals surface area (Å²) < 4.78 is 0. The molecule has 0 unspecified atom stereocenters. The summed E-state index contributed by atoms with van der Waals surface area (Å²) in [5.41, 5.74) is 2.24. The van der Waals surface area contributed by atoms with Gasteiger partial charge in [-0.1, -0.05) is 12.1 Å². The maximum Gasteiger partial charge on any atom is 0.136 e. The third-order valence-corrected chi connectivity index (χ3v) is 3.59. The molecule has 1 heterocycles. The van der Waals surface area contributed by atoms with E-state index in [-0.39, 0.29) is 5.78 Å². The number of hydrogen-bond acceptors (Lipinski definition) is 3. The first-order valence-electron chi connectivity index (χ1n) is 5.94. The smallest absolute Gasteiger partial charge is 0.136 e. The van der Waals surface area contributed by atoms with E-state index in [4.69, 9.17) is 0 Å². The quantitative estimate of drug-likeness (QED) is 0.764. The molecule has 1 fully saturated rings. The second-order valence-corrected chi connectivity index (χ2v) is 4.95. The van der Waals surface area contributed by atoms with Gasteiger partial charge >= 0.3 is 0 Å². The van der Waals surface area contributed by atoms with Crippen LogP contribution in [0.4, 0.5) is 0 Å². The van der Waals surface area contributed by atoms with Crippen molar-refractivity contribution in [2.75, 3.05) is 0 Å². The fraction of sp³-hybridized carbons (Fsp3) is 0.267. The monoisotopic (exact) mass is 236 g/mol. The van der Waals surface area contributed by atoms with Crippen LogP contribution in [0.1, 0.15) is 24.1 Å². The molecule has 18 heavy (non-hydrogen) atoms. The van der Waals surface area contributed by atoms with Gasteiger partial charge in [0.2, 0.25) is 0 Å². The van der Waals surface area contributed by atoms with Crippen molar-refractivity contribution >= 4 is 16.7 Å². The number of pyridine rings is 1. The minimum absolute atomic E-state index is 0.165. The average molecular weight is 236 g/mol. The van der Waals surface area contributed by atoms with E-state index in [9.17, 15) is 10.1 Å². The molecule has 0 atom stereocenters. The molecule has 3 nitrogen and oxygen atoms in total. The molecule has 1 aromatic heterocycles. The first-order valence-corrected chi connectivity index (χ1v) is 5.94. The highest BCUT2D eigenvalue weighted by atomic mass is 16.1. The third kappa shape index (κ3) is 1.50. The highest BCUT2D eigenvalue weighted by Gasteiger charge is 2.45. The van der Waals surface area contributed by atoms with Crippen LogP contribution < -0.4 is 0 Å². The topological polar surface area (TPSA) is 53.8 Å². The Bertz CT molecular complexity index is 689. The van der Waals surface area contributed by atoms with Crippen molar-refractivity contribution in [3.8, 4) is 6.07 Å². The van der Waals surface area contributed by atoms with Gasteiger partial charge in [-0.15, -0.1) is 0 Å². The number of nitriles is 1. The number of hydrogen-bond donors (Lipinski definition) is 0. The third-order valence-electron chi connectivity index (χ3n) is 3.59. The lowest BCUT2D eigenvalue weighted by atomic mass is 9.64. The van der Waals surface area contributed by atoms with E-state index >= 15 is 0 Å². The van der Waals surface area contributed by atoms with E-state index in [1.807, 2.05) is 37.3 Å². The van der Waals surface area contributed by atoms with Gasteiger partial charge in [-0.05, 0) is 30.7 Å². The Morgan fingerprint density at radius 1 is 1.28 bits per heavy atom. The molecular formula is C15H12N2O. The zero-order valence-corrected chi connectivity index (χ0v) is 10.1. The van der Waals surface area contributed by atoms with Crippen LogP contribution in [0.3, 0.4) is 0 Å². The summed E-state index contributed by atoms with van der Waals surface area (Å²) in [5, 5.41) is 10.3. The highest BCUT2D eigenvalue weighted by Crippen LogP contribution is 2.41. The Balaban J connectivity index is 2.12. The molecule has 0 aliphatic heterocycles. The number of nitrogens with zero attached hydrogens (tertiary/aromatic N) is 2.